The van der Waals surface area contributed by atoms with Crippen molar-refractivity contribution in [3.8, 4) is 0 Å². The predicted molar refractivity (Wildman–Crippen MR) is 96.2 cm³/mol. The highest BCUT2D eigenvalue weighted by Crippen LogP contribution is 2.52. The molecule has 1 aromatic carbocycles. The maximum Gasteiger partial charge on any atom is 0.192 e. The summed E-state index contributed by atoms with van der Waals surface area (Å²) in [4.78, 5) is 5.05. The summed E-state index contributed by atoms with van der Waals surface area (Å²) in [7, 11) is -1.68. The average Bonchev–Trinajstić information content (AvgIpc) is 2.68. The van der Waals surface area contributed by atoms with Gasteiger partial charge in [-0.05, 0) is 43.5 Å². The van der Waals surface area contributed by atoms with E-state index in [0.717, 1.165) is 12.8 Å². The van der Waals surface area contributed by atoms with E-state index in [9.17, 15) is 0 Å². The summed E-state index contributed by atoms with van der Waals surface area (Å²) in [5.74, 6) is 0.567. The fourth-order valence-electron chi connectivity index (χ4n) is 3.48. The standard InChI is InChI=1S/C19H29NOSi/c1-18(2,3)22(5,6)21-17-13-19(4)15(17)12-16(20-19)14-10-8-7-9-11-14/h7-11,15,17H,12-13H2,1-6H3/t15-,17-,19+/m1/s1. The minimum absolute atomic E-state index is 0.109. The molecule has 1 saturated carbocycles. The molecule has 1 aliphatic heterocycles. The Morgan fingerprint density at radius 3 is 2.41 bits per heavy atom. The van der Waals surface area contributed by atoms with Crippen molar-refractivity contribution < 1.29 is 4.43 Å². The van der Waals surface area contributed by atoms with E-state index in [1.165, 1.54) is 11.3 Å². The van der Waals surface area contributed by atoms with Gasteiger partial charge in [0.15, 0.2) is 8.32 Å². The van der Waals surface area contributed by atoms with E-state index in [4.69, 9.17) is 9.42 Å². The van der Waals surface area contributed by atoms with Crippen molar-refractivity contribution in [1.82, 2.24) is 0 Å². The highest BCUT2D eigenvalue weighted by molar-refractivity contribution is 6.74. The molecular formula is C19H29NOSi. The van der Waals surface area contributed by atoms with Gasteiger partial charge in [0, 0.05) is 11.6 Å². The first-order valence-corrected chi connectivity index (χ1v) is 11.4. The third-order valence-corrected chi connectivity index (χ3v) is 10.5. The molecule has 0 unspecified atom stereocenters. The lowest BCUT2D eigenvalue weighted by molar-refractivity contribution is -0.0201. The second kappa shape index (κ2) is 5.03. The van der Waals surface area contributed by atoms with E-state index >= 15 is 0 Å². The average molecular weight is 316 g/mol. The highest BCUT2D eigenvalue weighted by Gasteiger charge is 2.57. The van der Waals surface area contributed by atoms with Gasteiger partial charge < -0.3 is 4.43 Å². The van der Waals surface area contributed by atoms with E-state index in [2.05, 4.69) is 71.1 Å². The SMILES string of the molecule is CC(C)(C)[Si](C)(C)O[C@@H]1C[C@]2(C)N=C(c3ccccc3)C[C@H]12. The first kappa shape index (κ1) is 15.9. The van der Waals surface area contributed by atoms with Crippen LogP contribution in [-0.2, 0) is 4.43 Å². The van der Waals surface area contributed by atoms with Crippen LogP contribution in [0.3, 0.4) is 0 Å². The van der Waals surface area contributed by atoms with Gasteiger partial charge in [-0.15, -0.1) is 0 Å². The Balaban J connectivity index is 1.72. The van der Waals surface area contributed by atoms with Crippen LogP contribution in [0.4, 0.5) is 0 Å². The van der Waals surface area contributed by atoms with Crippen LogP contribution in [0.15, 0.2) is 35.3 Å². The molecule has 3 rings (SSSR count). The summed E-state index contributed by atoms with van der Waals surface area (Å²) < 4.78 is 6.67. The second-order valence-corrected chi connectivity index (χ2v) is 13.5. The minimum Gasteiger partial charge on any atom is -0.413 e. The lowest BCUT2D eigenvalue weighted by atomic mass is 9.66. The van der Waals surface area contributed by atoms with Crippen molar-refractivity contribution >= 4 is 14.0 Å². The Morgan fingerprint density at radius 2 is 1.82 bits per heavy atom. The molecule has 120 valence electrons. The third-order valence-electron chi connectivity index (χ3n) is 6.02. The molecule has 0 N–H and O–H groups in total. The van der Waals surface area contributed by atoms with Crippen LogP contribution >= 0.6 is 0 Å². The van der Waals surface area contributed by atoms with Crippen LogP contribution in [0.5, 0.6) is 0 Å². The van der Waals surface area contributed by atoms with Crippen LogP contribution in [0.2, 0.25) is 18.1 Å². The number of fused-ring (bicyclic) bond motifs is 1. The van der Waals surface area contributed by atoms with E-state index < -0.39 is 8.32 Å². The van der Waals surface area contributed by atoms with Crippen molar-refractivity contribution in [2.75, 3.05) is 0 Å². The van der Waals surface area contributed by atoms with Crippen molar-refractivity contribution in [2.24, 2.45) is 10.9 Å². The molecule has 3 heteroatoms. The van der Waals surface area contributed by atoms with Crippen LogP contribution in [0, 0.1) is 5.92 Å². The van der Waals surface area contributed by atoms with Gasteiger partial charge in [-0.2, -0.15) is 0 Å². The van der Waals surface area contributed by atoms with Gasteiger partial charge in [-0.25, -0.2) is 0 Å². The van der Waals surface area contributed by atoms with Gasteiger partial charge in [-0.1, -0.05) is 51.1 Å². The van der Waals surface area contributed by atoms with Gasteiger partial charge in [0.1, 0.15) is 0 Å². The summed E-state index contributed by atoms with van der Waals surface area (Å²) in [5, 5.41) is 0.278. The molecule has 1 fully saturated rings. The first-order chi connectivity index (χ1) is 10.1. The normalized spacial score (nSPS) is 31.5. The largest absolute Gasteiger partial charge is 0.413 e. The second-order valence-electron chi connectivity index (χ2n) is 8.71. The molecule has 22 heavy (non-hydrogen) atoms. The number of hydrogen-bond donors (Lipinski definition) is 0. The minimum atomic E-state index is -1.68. The van der Waals surface area contributed by atoms with Crippen LogP contribution in [0.1, 0.15) is 46.1 Å². The molecule has 1 heterocycles. The molecule has 0 spiro atoms. The lowest BCUT2D eigenvalue weighted by Crippen LogP contribution is -2.57. The van der Waals surface area contributed by atoms with Crippen molar-refractivity contribution in [2.45, 2.75) is 70.3 Å². The first-order valence-electron chi connectivity index (χ1n) is 8.44. The van der Waals surface area contributed by atoms with Gasteiger partial charge in [0.25, 0.3) is 0 Å². The molecule has 3 atom stereocenters. The van der Waals surface area contributed by atoms with E-state index in [0.29, 0.717) is 12.0 Å². The number of benzene rings is 1. The van der Waals surface area contributed by atoms with Crippen molar-refractivity contribution in [3.05, 3.63) is 35.9 Å². The molecule has 0 radical (unpaired) electrons. The van der Waals surface area contributed by atoms with E-state index in [-0.39, 0.29) is 10.6 Å². The smallest absolute Gasteiger partial charge is 0.192 e. The number of hydrogen-bond acceptors (Lipinski definition) is 2. The lowest BCUT2D eigenvalue weighted by Gasteiger charge is -2.51. The highest BCUT2D eigenvalue weighted by atomic mass is 28.4. The Hall–Kier alpha value is -0.933. The van der Waals surface area contributed by atoms with Gasteiger partial charge in [-0.3, -0.25) is 4.99 Å². The molecular weight excluding hydrogens is 286 g/mol. The Kier molecular flexibility index (Phi) is 3.65. The van der Waals surface area contributed by atoms with E-state index in [1.807, 2.05) is 0 Å². The summed E-state index contributed by atoms with van der Waals surface area (Å²) in [6.07, 6.45) is 2.55. The molecule has 1 aromatic rings. The molecule has 0 amide bonds. The van der Waals surface area contributed by atoms with Gasteiger partial charge in [0.2, 0.25) is 0 Å². The van der Waals surface area contributed by atoms with Gasteiger partial charge in [0.05, 0.1) is 11.6 Å². The van der Waals surface area contributed by atoms with Crippen molar-refractivity contribution in [1.29, 1.82) is 0 Å². The maximum atomic E-state index is 6.67. The summed E-state index contributed by atoms with van der Waals surface area (Å²) in [5.41, 5.74) is 2.66. The monoisotopic (exact) mass is 315 g/mol. The van der Waals surface area contributed by atoms with Crippen LogP contribution in [-0.4, -0.2) is 25.7 Å². The van der Waals surface area contributed by atoms with Crippen LogP contribution in [0.25, 0.3) is 0 Å². The molecule has 0 aromatic heterocycles. The fraction of sp³-hybridized carbons (Fsp3) is 0.632. The zero-order valence-electron chi connectivity index (χ0n) is 14.8. The summed E-state index contributed by atoms with van der Waals surface area (Å²) in [6.45, 7) is 14.0. The molecule has 0 saturated heterocycles. The fourth-order valence-corrected chi connectivity index (χ4v) is 4.83. The maximum absolute atomic E-state index is 6.67. The number of nitrogens with zero attached hydrogens (tertiary/aromatic N) is 1. The Bertz CT molecular complexity index is 587. The quantitative estimate of drug-likeness (QED) is 0.715. The predicted octanol–water partition coefficient (Wildman–Crippen LogP) is 5.05. The topological polar surface area (TPSA) is 21.6 Å². The zero-order valence-corrected chi connectivity index (χ0v) is 15.8. The molecule has 1 aliphatic carbocycles. The molecule has 2 aliphatic rings. The summed E-state index contributed by atoms with van der Waals surface area (Å²) >= 11 is 0. The number of aliphatic imine (C=N–C) groups is 1. The Labute approximate surface area is 136 Å². The number of rotatable bonds is 3. The molecule has 2 nitrogen and oxygen atoms in total. The molecule has 0 bridgehead atoms. The van der Waals surface area contributed by atoms with E-state index in [1.54, 1.807) is 0 Å². The van der Waals surface area contributed by atoms with Crippen molar-refractivity contribution in [3.63, 3.8) is 0 Å². The third kappa shape index (κ3) is 2.59. The zero-order chi connectivity index (χ0) is 16.2. The summed E-state index contributed by atoms with van der Waals surface area (Å²) in [6, 6.07) is 10.6. The Morgan fingerprint density at radius 1 is 1.18 bits per heavy atom. The van der Waals surface area contributed by atoms with Gasteiger partial charge >= 0.3 is 0 Å². The van der Waals surface area contributed by atoms with Crippen LogP contribution < -0.4 is 0 Å².